The van der Waals surface area contributed by atoms with Gasteiger partial charge in [-0.2, -0.15) is 4.98 Å². The molecule has 1 atom stereocenters. The number of benzene rings is 1. The van der Waals surface area contributed by atoms with Crippen LogP contribution in [0.5, 0.6) is 0 Å². The molecule has 10 heteroatoms. The van der Waals surface area contributed by atoms with Crippen LogP contribution in [-0.4, -0.2) is 63.0 Å². The van der Waals surface area contributed by atoms with E-state index in [1.165, 1.54) is 6.08 Å². The number of ether oxygens (including phenoxy) is 1. The quantitative estimate of drug-likeness (QED) is 0.597. The molecule has 0 spiro atoms. The Morgan fingerprint density at radius 2 is 2.03 bits per heavy atom. The van der Waals surface area contributed by atoms with E-state index in [1.54, 1.807) is 9.80 Å². The van der Waals surface area contributed by atoms with E-state index in [0.717, 1.165) is 35.9 Å². The van der Waals surface area contributed by atoms with Gasteiger partial charge in [-0.15, -0.1) is 0 Å². The summed E-state index contributed by atoms with van der Waals surface area (Å²) < 4.78 is 20.0. The van der Waals surface area contributed by atoms with Gasteiger partial charge in [-0.1, -0.05) is 12.6 Å². The van der Waals surface area contributed by atoms with Gasteiger partial charge in [0.2, 0.25) is 11.9 Å². The molecule has 2 aromatic rings. The lowest BCUT2D eigenvalue weighted by atomic mass is 9.99. The fraction of sp³-hybridized carbons (Fsp3) is 0.462. The molecule has 0 aliphatic carbocycles. The summed E-state index contributed by atoms with van der Waals surface area (Å²) in [6, 6.07) is 5.74. The zero-order valence-electron chi connectivity index (χ0n) is 21.0. The Morgan fingerprint density at radius 3 is 2.78 bits per heavy atom. The number of likely N-dealkylation sites (tertiary alicyclic amines) is 1. The van der Waals surface area contributed by atoms with E-state index in [2.05, 4.69) is 27.2 Å². The Balaban J connectivity index is 1.41. The summed E-state index contributed by atoms with van der Waals surface area (Å²) in [5, 5.41) is 6.27. The maximum Gasteiger partial charge on any atom is 0.410 e. The molecule has 2 aliphatic rings. The smallest absolute Gasteiger partial charge is 0.410 e. The van der Waals surface area contributed by atoms with Gasteiger partial charge >= 0.3 is 6.09 Å². The van der Waals surface area contributed by atoms with Crippen LogP contribution in [0.3, 0.4) is 0 Å². The molecule has 3 heterocycles. The molecule has 2 amide bonds. The van der Waals surface area contributed by atoms with E-state index in [1.807, 2.05) is 39.0 Å². The van der Waals surface area contributed by atoms with Gasteiger partial charge < -0.3 is 25.2 Å². The molecule has 1 fully saturated rings. The minimum absolute atomic E-state index is 0.0939. The zero-order valence-corrected chi connectivity index (χ0v) is 21.0. The lowest BCUT2D eigenvalue weighted by Gasteiger charge is -2.32. The molecular formula is C26H33FN6O3. The lowest BCUT2D eigenvalue weighted by Crippen LogP contribution is -2.44. The van der Waals surface area contributed by atoms with Gasteiger partial charge in [0.1, 0.15) is 5.60 Å². The number of rotatable bonds is 5. The molecular weight excluding hydrogens is 463 g/mol. The third-order valence-electron chi connectivity index (χ3n) is 6.12. The van der Waals surface area contributed by atoms with Gasteiger partial charge in [-0.25, -0.2) is 14.2 Å². The number of nitrogens with zero attached hydrogens (tertiary/aromatic N) is 4. The number of nitrogens with one attached hydrogen (secondary N) is 2. The first-order valence-electron chi connectivity index (χ1n) is 12.2. The van der Waals surface area contributed by atoms with E-state index < -0.39 is 11.4 Å². The number of anilines is 3. The van der Waals surface area contributed by atoms with Crippen molar-refractivity contribution in [3.63, 3.8) is 0 Å². The fourth-order valence-corrected chi connectivity index (χ4v) is 4.39. The van der Waals surface area contributed by atoms with Crippen molar-refractivity contribution in [2.45, 2.75) is 58.2 Å². The minimum atomic E-state index is -0.555. The van der Waals surface area contributed by atoms with Gasteiger partial charge in [0.25, 0.3) is 0 Å². The number of piperidine rings is 1. The number of fused-ring (bicyclic) bond motifs is 1. The average molecular weight is 497 g/mol. The normalized spacial score (nSPS) is 17.7. The van der Waals surface area contributed by atoms with Crippen LogP contribution in [0.2, 0.25) is 0 Å². The third-order valence-corrected chi connectivity index (χ3v) is 6.12. The van der Waals surface area contributed by atoms with Crippen molar-refractivity contribution >= 4 is 29.5 Å². The summed E-state index contributed by atoms with van der Waals surface area (Å²) >= 11 is 0. The molecule has 1 aromatic heterocycles. The molecule has 4 rings (SSSR count). The highest BCUT2D eigenvalue weighted by molar-refractivity contribution is 5.87. The van der Waals surface area contributed by atoms with Crippen molar-refractivity contribution < 1.29 is 18.7 Å². The topological polar surface area (TPSA) is 99.7 Å². The highest BCUT2D eigenvalue weighted by atomic mass is 19.1. The number of amides is 2. The van der Waals surface area contributed by atoms with Gasteiger partial charge in [-0.3, -0.25) is 4.79 Å². The Labute approximate surface area is 210 Å². The minimum Gasteiger partial charge on any atom is -0.444 e. The van der Waals surface area contributed by atoms with Crippen molar-refractivity contribution in [3.05, 3.63) is 54.0 Å². The molecule has 1 aromatic carbocycles. The van der Waals surface area contributed by atoms with Gasteiger partial charge in [0.05, 0.1) is 6.20 Å². The maximum atomic E-state index is 14.5. The summed E-state index contributed by atoms with van der Waals surface area (Å²) in [5.74, 6) is -0.328. The number of aromatic nitrogens is 2. The summed E-state index contributed by atoms with van der Waals surface area (Å²) in [4.78, 5) is 36.2. The van der Waals surface area contributed by atoms with Crippen LogP contribution in [0.25, 0.3) is 0 Å². The van der Waals surface area contributed by atoms with Gasteiger partial charge in [-0.05, 0) is 69.4 Å². The second-order valence-electron chi connectivity index (χ2n) is 10.1. The van der Waals surface area contributed by atoms with Crippen LogP contribution in [0, 0.1) is 5.82 Å². The Morgan fingerprint density at radius 1 is 1.22 bits per heavy atom. The van der Waals surface area contributed by atoms with Crippen LogP contribution < -0.4 is 10.6 Å². The Hall–Kier alpha value is -3.69. The van der Waals surface area contributed by atoms with Gasteiger partial charge in [0, 0.05) is 37.9 Å². The largest absolute Gasteiger partial charge is 0.444 e. The summed E-state index contributed by atoms with van der Waals surface area (Å²) in [6.07, 6.45) is 4.43. The van der Waals surface area contributed by atoms with Crippen LogP contribution in [-0.2, 0) is 22.5 Å². The third kappa shape index (κ3) is 6.30. The monoisotopic (exact) mass is 496 g/mol. The molecule has 0 saturated carbocycles. The lowest BCUT2D eigenvalue weighted by molar-refractivity contribution is -0.127. The van der Waals surface area contributed by atoms with E-state index >= 15 is 0 Å². The Bertz CT molecular complexity index is 1150. The molecule has 36 heavy (non-hydrogen) atoms. The molecule has 1 unspecified atom stereocenters. The first-order chi connectivity index (χ1) is 17.1. The first kappa shape index (κ1) is 25.4. The number of halogens is 1. The number of carbonyl (C=O) groups excluding carboxylic acids is 2. The van der Waals surface area contributed by atoms with E-state index in [4.69, 9.17) is 4.74 Å². The predicted molar refractivity (Wildman–Crippen MR) is 135 cm³/mol. The standard InChI is InChI=1S/C26H33FN6O3/c1-5-22(34)32-11-6-7-20(16-32)29-23-21(27)14-28-24(31-23)30-19-9-8-18-15-33(12-10-17(18)13-19)25(35)36-26(2,3)4/h5,8-9,13-14,20H,1,6-7,10-12,15-16H2,2-4H3,(H2,28,29,30,31). The summed E-state index contributed by atoms with van der Waals surface area (Å²) in [6.45, 7) is 11.3. The van der Waals surface area contributed by atoms with E-state index in [0.29, 0.717) is 32.6 Å². The number of carbonyl (C=O) groups is 2. The molecule has 0 bridgehead atoms. The maximum absolute atomic E-state index is 14.5. The van der Waals surface area contributed by atoms with Crippen LogP contribution in [0.15, 0.2) is 37.1 Å². The second kappa shape index (κ2) is 10.5. The number of hydrogen-bond donors (Lipinski definition) is 2. The second-order valence-corrected chi connectivity index (χ2v) is 10.1. The molecule has 0 radical (unpaired) electrons. The molecule has 9 nitrogen and oxygen atoms in total. The van der Waals surface area contributed by atoms with E-state index in [9.17, 15) is 14.0 Å². The molecule has 1 saturated heterocycles. The predicted octanol–water partition coefficient (Wildman–Crippen LogP) is 4.24. The average Bonchev–Trinajstić information content (AvgIpc) is 2.84. The summed E-state index contributed by atoms with van der Waals surface area (Å²) in [5.41, 5.74) is 2.41. The molecule has 192 valence electrons. The SMILES string of the molecule is C=CC(=O)N1CCCC(Nc2nc(Nc3ccc4c(c3)CCN(C(=O)OC(C)(C)C)C4)ncc2F)C1. The van der Waals surface area contributed by atoms with Crippen molar-refractivity contribution in [3.8, 4) is 0 Å². The number of hydrogen-bond acceptors (Lipinski definition) is 7. The Kier molecular flexibility index (Phi) is 7.42. The molecule has 2 aliphatic heterocycles. The van der Waals surface area contributed by atoms with E-state index in [-0.39, 0.29) is 29.8 Å². The highest BCUT2D eigenvalue weighted by Crippen LogP contribution is 2.26. The zero-order chi connectivity index (χ0) is 25.9. The summed E-state index contributed by atoms with van der Waals surface area (Å²) in [7, 11) is 0. The fourth-order valence-electron chi connectivity index (χ4n) is 4.39. The van der Waals surface area contributed by atoms with Crippen molar-refractivity contribution in [1.29, 1.82) is 0 Å². The van der Waals surface area contributed by atoms with Crippen molar-refractivity contribution in [2.75, 3.05) is 30.3 Å². The van der Waals surface area contributed by atoms with Crippen LogP contribution in [0.4, 0.5) is 26.6 Å². The van der Waals surface area contributed by atoms with Crippen LogP contribution >= 0.6 is 0 Å². The van der Waals surface area contributed by atoms with Gasteiger partial charge in [0.15, 0.2) is 11.6 Å². The van der Waals surface area contributed by atoms with Crippen molar-refractivity contribution in [1.82, 2.24) is 19.8 Å². The molecule has 2 N–H and O–H groups in total. The van der Waals surface area contributed by atoms with Crippen LogP contribution in [0.1, 0.15) is 44.7 Å². The first-order valence-corrected chi connectivity index (χ1v) is 12.2. The van der Waals surface area contributed by atoms with Crippen molar-refractivity contribution in [2.24, 2.45) is 0 Å². The highest BCUT2D eigenvalue weighted by Gasteiger charge is 2.26.